The zero-order chi connectivity index (χ0) is 12.3. The third-order valence-corrected chi connectivity index (χ3v) is 2.96. The summed E-state index contributed by atoms with van der Waals surface area (Å²) in [4.78, 5) is 0. The summed E-state index contributed by atoms with van der Waals surface area (Å²) in [5.74, 6) is 0.272. The van der Waals surface area contributed by atoms with E-state index in [4.69, 9.17) is 5.73 Å². The van der Waals surface area contributed by atoms with E-state index in [0.717, 1.165) is 17.5 Å². The van der Waals surface area contributed by atoms with Crippen molar-refractivity contribution >= 4 is 0 Å². The number of rotatable bonds is 3. The van der Waals surface area contributed by atoms with E-state index >= 15 is 0 Å². The van der Waals surface area contributed by atoms with E-state index in [1.54, 1.807) is 12.1 Å². The smallest absolute Gasteiger partial charge is 0.115 e. The maximum absolute atomic E-state index is 9.50. The molecule has 0 spiro atoms. The van der Waals surface area contributed by atoms with Gasteiger partial charge in [0.05, 0.1) is 0 Å². The molecule has 0 fully saturated rings. The molecular formula is C15H17NO. The molecule has 0 saturated carbocycles. The first kappa shape index (κ1) is 11.7. The van der Waals surface area contributed by atoms with Crippen molar-refractivity contribution in [3.05, 3.63) is 65.2 Å². The zero-order valence-electron chi connectivity index (χ0n) is 9.93. The van der Waals surface area contributed by atoms with Gasteiger partial charge in [-0.2, -0.15) is 0 Å². The third kappa shape index (κ3) is 2.86. The van der Waals surface area contributed by atoms with Crippen LogP contribution in [0.3, 0.4) is 0 Å². The van der Waals surface area contributed by atoms with Gasteiger partial charge in [-0.15, -0.1) is 0 Å². The normalized spacial score (nSPS) is 12.4. The predicted molar refractivity (Wildman–Crippen MR) is 69.9 cm³/mol. The monoisotopic (exact) mass is 227 g/mol. The largest absolute Gasteiger partial charge is 0.508 e. The zero-order valence-corrected chi connectivity index (χ0v) is 9.93. The number of phenolic OH excluding ortho intramolecular Hbond substituents is 1. The highest BCUT2D eigenvalue weighted by Crippen LogP contribution is 2.23. The molecule has 0 unspecified atom stereocenters. The SMILES string of the molecule is Cc1ccc(O)cc1[C@@H](N)Cc1ccccc1. The van der Waals surface area contributed by atoms with E-state index < -0.39 is 0 Å². The van der Waals surface area contributed by atoms with Gasteiger partial charge in [-0.05, 0) is 42.2 Å². The Morgan fingerprint density at radius 3 is 2.53 bits per heavy atom. The summed E-state index contributed by atoms with van der Waals surface area (Å²) >= 11 is 0. The minimum Gasteiger partial charge on any atom is -0.508 e. The summed E-state index contributed by atoms with van der Waals surface area (Å²) in [5, 5.41) is 9.50. The van der Waals surface area contributed by atoms with Crippen molar-refractivity contribution in [1.29, 1.82) is 0 Å². The molecule has 0 saturated heterocycles. The van der Waals surface area contributed by atoms with Crippen LogP contribution in [0.1, 0.15) is 22.7 Å². The van der Waals surface area contributed by atoms with Crippen LogP contribution in [0.2, 0.25) is 0 Å². The number of nitrogens with two attached hydrogens (primary N) is 1. The average molecular weight is 227 g/mol. The molecule has 2 aromatic carbocycles. The molecule has 88 valence electrons. The lowest BCUT2D eigenvalue weighted by Gasteiger charge is -2.15. The van der Waals surface area contributed by atoms with Crippen LogP contribution in [-0.2, 0) is 6.42 Å². The lowest BCUT2D eigenvalue weighted by atomic mass is 9.96. The van der Waals surface area contributed by atoms with Gasteiger partial charge >= 0.3 is 0 Å². The van der Waals surface area contributed by atoms with Crippen LogP contribution in [0, 0.1) is 6.92 Å². The first-order valence-corrected chi connectivity index (χ1v) is 5.76. The highest BCUT2D eigenvalue weighted by Gasteiger charge is 2.10. The summed E-state index contributed by atoms with van der Waals surface area (Å²) in [5.41, 5.74) is 9.52. The van der Waals surface area contributed by atoms with Crippen LogP contribution in [-0.4, -0.2) is 5.11 Å². The summed E-state index contributed by atoms with van der Waals surface area (Å²) in [7, 11) is 0. The van der Waals surface area contributed by atoms with Crippen molar-refractivity contribution in [1.82, 2.24) is 0 Å². The Hall–Kier alpha value is -1.80. The van der Waals surface area contributed by atoms with Crippen LogP contribution in [0.4, 0.5) is 0 Å². The number of phenols is 1. The number of aromatic hydroxyl groups is 1. The van der Waals surface area contributed by atoms with Crippen molar-refractivity contribution in [2.75, 3.05) is 0 Å². The number of hydrogen-bond donors (Lipinski definition) is 2. The lowest BCUT2D eigenvalue weighted by molar-refractivity contribution is 0.473. The first-order valence-electron chi connectivity index (χ1n) is 5.76. The van der Waals surface area contributed by atoms with Crippen LogP contribution >= 0.6 is 0 Å². The summed E-state index contributed by atoms with van der Waals surface area (Å²) in [6.45, 7) is 2.01. The van der Waals surface area contributed by atoms with E-state index in [0.29, 0.717) is 0 Å². The van der Waals surface area contributed by atoms with Crippen molar-refractivity contribution < 1.29 is 5.11 Å². The van der Waals surface area contributed by atoms with Crippen LogP contribution < -0.4 is 5.73 Å². The van der Waals surface area contributed by atoms with Gasteiger partial charge < -0.3 is 10.8 Å². The molecule has 3 N–H and O–H groups in total. The van der Waals surface area contributed by atoms with E-state index in [9.17, 15) is 5.11 Å². The Morgan fingerprint density at radius 2 is 1.82 bits per heavy atom. The standard InChI is InChI=1S/C15H17NO/c1-11-7-8-13(17)10-14(11)15(16)9-12-5-3-2-4-6-12/h2-8,10,15,17H,9,16H2,1H3/t15-/m0/s1. The van der Waals surface area contributed by atoms with Gasteiger partial charge in [0, 0.05) is 6.04 Å². The molecule has 0 bridgehead atoms. The van der Waals surface area contributed by atoms with E-state index in [2.05, 4.69) is 12.1 Å². The Morgan fingerprint density at radius 1 is 1.12 bits per heavy atom. The molecular weight excluding hydrogens is 210 g/mol. The second-order valence-electron chi connectivity index (χ2n) is 4.34. The number of aryl methyl sites for hydroxylation is 1. The third-order valence-electron chi connectivity index (χ3n) is 2.96. The molecule has 0 heterocycles. The molecule has 0 radical (unpaired) electrons. The van der Waals surface area contributed by atoms with E-state index in [1.165, 1.54) is 5.56 Å². The predicted octanol–water partition coefficient (Wildman–Crippen LogP) is 2.94. The quantitative estimate of drug-likeness (QED) is 0.846. The van der Waals surface area contributed by atoms with Crippen molar-refractivity contribution in [3.8, 4) is 5.75 Å². The molecule has 2 nitrogen and oxygen atoms in total. The number of benzene rings is 2. The van der Waals surface area contributed by atoms with Gasteiger partial charge in [0.15, 0.2) is 0 Å². The van der Waals surface area contributed by atoms with Gasteiger partial charge in [-0.3, -0.25) is 0 Å². The molecule has 0 aromatic heterocycles. The van der Waals surface area contributed by atoms with Gasteiger partial charge in [0.2, 0.25) is 0 Å². The molecule has 0 aliphatic rings. The molecule has 17 heavy (non-hydrogen) atoms. The van der Waals surface area contributed by atoms with Gasteiger partial charge in [-0.25, -0.2) is 0 Å². The van der Waals surface area contributed by atoms with Crippen molar-refractivity contribution in [2.24, 2.45) is 5.73 Å². The molecule has 0 aliphatic heterocycles. The molecule has 2 rings (SSSR count). The molecule has 1 atom stereocenters. The molecule has 2 heteroatoms. The Balaban J connectivity index is 2.20. The Bertz CT molecular complexity index is 494. The Labute approximate surface area is 102 Å². The van der Waals surface area contributed by atoms with Crippen LogP contribution in [0.15, 0.2) is 48.5 Å². The summed E-state index contributed by atoms with van der Waals surface area (Å²) in [6, 6.07) is 15.4. The average Bonchev–Trinajstić information content (AvgIpc) is 2.33. The van der Waals surface area contributed by atoms with Crippen molar-refractivity contribution in [2.45, 2.75) is 19.4 Å². The Kier molecular flexibility index (Phi) is 3.45. The second kappa shape index (κ2) is 5.02. The lowest BCUT2D eigenvalue weighted by Crippen LogP contribution is -2.14. The van der Waals surface area contributed by atoms with Crippen LogP contribution in [0.5, 0.6) is 5.75 Å². The minimum absolute atomic E-state index is 0.0792. The van der Waals surface area contributed by atoms with E-state index in [-0.39, 0.29) is 11.8 Å². The number of hydrogen-bond acceptors (Lipinski definition) is 2. The van der Waals surface area contributed by atoms with Crippen LogP contribution in [0.25, 0.3) is 0 Å². The van der Waals surface area contributed by atoms with Gasteiger partial charge in [0.25, 0.3) is 0 Å². The fourth-order valence-electron chi connectivity index (χ4n) is 2.01. The fraction of sp³-hybridized carbons (Fsp3) is 0.200. The summed E-state index contributed by atoms with van der Waals surface area (Å²) < 4.78 is 0. The maximum Gasteiger partial charge on any atom is 0.115 e. The highest BCUT2D eigenvalue weighted by atomic mass is 16.3. The highest BCUT2D eigenvalue weighted by molar-refractivity contribution is 5.36. The molecule has 2 aromatic rings. The van der Waals surface area contributed by atoms with Gasteiger partial charge in [0.1, 0.15) is 5.75 Å². The second-order valence-corrected chi connectivity index (χ2v) is 4.34. The fourth-order valence-corrected chi connectivity index (χ4v) is 2.01. The van der Waals surface area contributed by atoms with Crippen molar-refractivity contribution in [3.63, 3.8) is 0 Å². The maximum atomic E-state index is 9.50. The molecule has 0 amide bonds. The topological polar surface area (TPSA) is 46.2 Å². The summed E-state index contributed by atoms with van der Waals surface area (Å²) in [6.07, 6.45) is 0.783. The molecule has 0 aliphatic carbocycles. The first-order chi connectivity index (χ1) is 8.16. The van der Waals surface area contributed by atoms with Gasteiger partial charge in [-0.1, -0.05) is 36.4 Å². The minimum atomic E-state index is -0.0792. The van der Waals surface area contributed by atoms with E-state index in [1.807, 2.05) is 31.2 Å².